The van der Waals surface area contributed by atoms with Crippen LogP contribution in [0.15, 0.2) is 35.5 Å². The summed E-state index contributed by atoms with van der Waals surface area (Å²) in [6.45, 7) is 0.701. The van der Waals surface area contributed by atoms with Gasteiger partial charge in [0.15, 0.2) is 5.84 Å². The number of hydrogen-bond acceptors (Lipinski definition) is 3. The minimum Gasteiger partial charge on any atom is -0.394 e. The number of para-hydroxylation sites is 1. The van der Waals surface area contributed by atoms with Crippen molar-refractivity contribution < 1.29 is 4.84 Å². The van der Waals surface area contributed by atoms with Crippen LogP contribution in [-0.2, 0) is 4.84 Å². The molecule has 0 radical (unpaired) electrons. The van der Waals surface area contributed by atoms with E-state index in [0.717, 1.165) is 17.9 Å². The Labute approximate surface area is 77.6 Å². The fraction of sp³-hybridized carbons (Fsp3) is 0.300. The van der Waals surface area contributed by atoms with Gasteiger partial charge in [-0.2, -0.15) is 0 Å². The van der Waals surface area contributed by atoms with Gasteiger partial charge >= 0.3 is 0 Å². The van der Waals surface area contributed by atoms with Gasteiger partial charge in [0.2, 0.25) is 0 Å². The molecule has 68 valence electrons. The van der Waals surface area contributed by atoms with Crippen molar-refractivity contribution in [2.45, 2.75) is 6.42 Å². The predicted octanol–water partition coefficient (Wildman–Crippen LogP) is 1.86. The van der Waals surface area contributed by atoms with E-state index in [4.69, 9.17) is 4.84 Å². The Kier molecular flexibility index (Phi) is 2.17. The van der Waals surface area contributed by atoms with Gasteiger partial charge in [0.25, 0.3) is 0 Å². The first-order valence-corrected chi connectivity index (χ1v) is 4.35. The summed E-state index contributed by atoms with van der Waals surface area (Å²) in [5.74, 6) is 0.992. The zero-order chi connectivity index (χ0) is 9.10. The largest absolute Gasteiger partial charge is 0.394 e. The fourth-order valence-electron chi connectivity index (χ4n) is 1.33. The molecule has 1 aliphatic heterocycles. The highest BCUT2D eigenvalue weighted by molar-refractivity contribution is 5.97. The van der Waals surface area contributed by atoms with Crippen LogP contribution in [0.4, 0.5) is 5.69 Å². The predicted molar refractivity (Wildman–Crippen MR) is 52.8 cm³/mol. The lowest BCUT2D eigenvalue weighted by Gasteiger charge is -2.16. The summed E-state index contributed by atoms with van der Waals surface area (Å²) in [7, 11) is 2.00. The average molecular weight is 176 g/mol. The molecule has 1 aromatic carbocycles. The van der Waals surface area contributed by atoms with Crippen LogP contribution in [0.1, 0.15) is 6.42 Å². The Hall–Kier alpha value is -1.51. The van der Waals surface area contributed by atoms with Crippen LogP contribution >= 0.6 is 0 Å². The minimum absolute atomic E-state index is 0.701. The van der Waals surface area contributed by atoms with Crippen LogP contribution in [0.25, 0.3) is 0 Å². The van der Waals surface area contributed by atoms with Gasteiger partial charge in [0, 0.05) is 19.2 Å². The Bertz CT molecular complexity index is 308. The molecule has 0 amide bonds. The number of oxime groups is 1. The van der Waals surface area contributed by atoms with E-state index >= 15 is 0 Å². The molecule has 3 nitrogen and oxygen atoms in total. The first-order valence-electron chi connectivity index (χ1n) is 4.35. The van der Waals surface area contributed by atoms with E-state index in [0.29, 0.717) is 6.61 Å². The van der Waals surface area contributed by atoms with Crippen molar-refractivity contribution in [3.8, 4) is 0 Å². The maximum atomic E-state index is 4.95. The molecule has 1 aromatic rings. The third kappa shape index (κ3) is 1.64. The molecular formula is C10H12N2O. The molecule has 1 aliphatic rings. The van der Waals surface area contributed by atoms with E-state index in [1.54, 1.807) is 0 Å². The second-order valence-corrected chi connectivity index (χ2v) is 2.99. The van der Waals surface area contributed by atoms with Crippen molar-refractivity contribution in [2.24, 2.45) is 5.16 Å². The van der Waals surface area contributed by atoms with Crippen LogP contribution < -0.4 is 4.90 Å². The SMILES string of the molecule is CN(C1=NOCC1)c1ccccc1. The summed E-state index contributed by atoms with van der Waals surface area (Å²) in [6, 6.07) is 10.1. The summed E-state index contributed by atoms with van der Waals surface area (Å²) in [4.78, 5) is 6.99. The monoisotopic (exact) mass is 176 g/mol. The number of anilines is 1. The molecule has 0 saturated heterocycles. The number of amidine groups is 1. The fourth-order valence-corrected chi connectivity index (χ4v) is 1.33. The quantitative estimate of drug-likeness (QED) is 0.652. The van der Waals surface area contributed by atoms with Gasteiger partial charge in [-0.25, -0.2) is 0 Å². The maximum absolute atomic E-state index is 4.95. The molecule has 0 atom stereocenters. The Morgan fingerprint density at radius 3 is 2.69 bits per heavy atom. The zero-order valence-electron chi connectivity index (χ0n) is 7.60. The zero-order valence-corrected chi connectivity index (χ0v) is 7.60. The first kappa shape index (κ1) is 8.10. The third-order valence-electron chi connectivity index (χ3n) is 2.12. The normalized spacial score (nSPS) is 15.0. The van der Waals surface area contributed by atoms with E-state index in [1.807, 2.05) is 30.1 Å². The maximum Gasteiger partial charge on any atom is 0.152 e. The molecular weight excluding hydrogens is 164 g/mol. The summed E-state index contributed by atoms with van der Waals surface area (Å²) in [5, 5.41) is 3.95. The molecule has 0 aromatic heterocycles. The van der Waals surface area contributed by atoms with E-state index in [9.17, 15) is 0 Å². The second kappa shape index (κ2) is 3.47. The molecule has 0 bridgehead atoms. The molecule has 2 rings (SSSR count). The summed E-state index contributed by atoms with van der Waals surface area (Å²) in [6.07, 6.45) is 0.894. The highest BCUT2D eigenvalue weighted by Crippen LogP contribution is 2.15. The number of nitrogens with zero attached hydrogens (tertiary/aromatic N) is 2. The van der Waals surface area contributed by atoms with Gasteiger partial charge < -0.3 is 9.74 Å². The third-order valence-corrected chi connectivity index (χ3v) is 2.12. The molecule has 0 aliphatic carbocycles. The van der Waals surface area contributed by atoms with Gasteiger partial charge in [-0.1, -0.05) is 23.4 Å². The standard InChI is InChI=1S/C10H12N2O/c1-12(10-7-8-13-11-10)9-5-3-2-4-6-9/h2-6H,7-8H2,1H3. The van der Waals surface area contributed by atoms with E-state index in [-0.39, 0.29) is 0 Å². The lowest BCUT2D eigenvalue weighted by atomic mass is 10.3. The first-order chi connectivity index (χ1) is 6.38. The highest BCUT2D eigenvalue weighted by Gasteiger charge is 2.13. The molecule has 0 spiro atoms. The van der Waals surface area contributed by atoms with Crippen molar-refractivity contribution in [1.82, 2.24) is 0 Å². The van der Waals surface area contributed by atoms with Crippen molar-refractivity contribution in [2.75, 3.05) is 18.6 Å². The van der Waals surface area contributed by atoms with Gasteiger partial charge in [-0.15, -0.1) is 0 Å². The van der Waals surface area contributed by atoms with Crippen molar-refractivity contribution in [3.05, 3.63) is 30.3 Å². The van der Waals surface area contributed by atoms with E-state index in [2.05, 4.69) is 17.3 Å². The molecule has 1 heterocycles. The van der Waals surface area contributed by atoms with Crippen LogP contribution in [-0.4, -0.2) is 19.5 Å². The van der Waals surface area contributed by atoms with Gasteiger partial charge in [0.1, 0.15) is 6.61 Å². The number of hydrogen-bond donors (Lipinski definition) is 0. The van der Waals surface area contributed by atoms with E-state index < -0.39 is 0 Å². The lowest BCUT2D eigenvalue weighted by Crippen LogP contribution is -2.24. The summed E-state index contributed by atoms with van der Waals surface area (Å²) in [5.41, 5.74) is 1.15. The topological polar surface area (TPSA) is 24.8 Å². The van der Waals surface area contributed by atoms with Crippen molar-refractivity contribution >= 4 is 11.5 Å². The van der Waals surface area contributed by atoms with Crippen molar-refractivity contribution in [1.29, 1.82) is 0 Å². The summed E-state index contributed by atoms with van der Waals surface area (Å²) < 4.78 is 0. The molecule has 0 unspecified atom stereocenters. The Morgan fingerprint density at radius 2 is 2.08 bits per heavy atom. The average Bonchev–Trinajstić information content (AvgIpc) is 2.71. The highest BCUT2D eigenvalue weighted by atomic mass is 16.6. The molecule has 0 N–H and O–H groups in total. The summed E-state index contributed by atoms with van der Waals surface area (Å²) >= 11 is 0. The number of benzene rings is 1. The van der Waals surface area contributed by atoms with Crippen LogP contribution in [0.2, 0.25) is 0 Å². The number of rotatable bonds is 1. The molecule has 0 fully saturated rings. The minimum atomic E-state index is 0.701. The smallest absolute Gasteiger partial charge is 0.152 e. The van der Waals surface area contributed by atoms with Crippen LogP contribution in [0, 0.1) is 0 Å². The molecule has 0 saturated carbocycles. The van der Waals surface area contributed by atoms with Gasteiger partial charge in [-0.05, 0) is 12.1 Å². The van der Waals surface area contributed by atoms with Crippen LogP contribution in [0.5, 0.6) is 0 Å². The Balaban J connectivity index is 2.17. The van der Waals surface area contributed by atoms with Gasteiger partial charge in [0.05, 0.1) is 0 Å². The second-order valence-electron chi connectivity index (χ2n) is 2.99. The van der Waals surface area contributed by atoms with E-state index in [1.165, 1.54) is 0 Å². The Morgan fingerprint density at radius 1 is 1.31 bits per heavy atom. The van der Waals surface area contributed by atoms with Gasteiger partial charge in [-0.3, -0.25) is 0 Å². The lowest BCUT2D eigenvalue weighted by molar-refractivity contribution is 0.173. The van der Waals surface area contributed by atoms with Crippen LogP contribution in [0.3, 0.4) is 0 Å². The molecule has 3 heteroatoms. The molecule has 13 heavy (non-hydrogen) atoms. The van der Waals surface area contributed by atoms with Crippen molar-refractivity contribution in [3.63, 3.8) is 0 Å².